The summed E-state index contributed by atoms with van der Waals surface area (Å²) >= 11 is 0. The standard InChI is InChI=1S/C85H162O5/c1-3-5-7-9-11-13-15-17-19-21-23-25-27-29-31-33-35-37-39-40-41-42-43-44-46-48-50-52-54-56-58-60-62-64-66-68-70-72-74-76-78-80-85(88)90-83(81-86)82-89-84(87)79-77-75-73-71-69-67-65-63-61-59-57-55-53-51-49-47-45-38-36-34-32-30-28-26-24-22-20-18-16-14-12-10-8-6-4-2/h15,17,21,23,27,29,83,86H,3-14,16,18-20,22,24-26,28,30-82H2,1-2H3/b17-15-,23-21-,29-27-. The van der Waals surface area contributed by atoms with Gasteiger partial charge >= 0.3 is 11.9 Å². The molecule has 1 N–H and O–H groups in total. The molecule has 5 heteroatoms. The molecule has 0 aromatic rings. The fourth-order valence-corrected chi connectivity index (χ4v) is 13.2. The van der Waals surface area contributed by atoms with Gasteiger partial charge in [-0.15, -0.1) is 0 Å². The molecule has 0 aromatic carbocycles. The predicted molar refractivity (Wildman–Crippen MR) is 399 cm³/mol. The average Bonchev–Trinajstić information content (AvgIpc) is 3.60. The number of hydrogen-bond donors (Lipinski definition) is 1. The van der Waals surface area contributed by atoms with Gasteiger partial charge in [-0.3, -0.25) is 9.59 Å². The van der Waals surface area contributed by atoms with E-state index >= 15 is 0 Å². The molecule has 0 aliphatic heterocycles. The minimum absolute atomic E-state index is 0.0573. The zero-order valence-corrected chi connectivity index (χ0v) is 61.4. The van der Waals surface area contributed by atoms with Gasteiger partial charge in [-0.1, -0.05) is 448 Å². The van der Waals surface area contributed by atoms with Crippen LogP contribution in [0.15, 0.2) is 36.5 Å². The van der Waals surface area contributed by atoms with Crippen LogP contribution in [0.3, 0.4) is 0 Å². The van der Waals surface area contributed by atoms with Gasteiger partial charge < -0.3 is 14.6 Å². The summed E-state index contributed by atoms with van der Waals surface area (Å²) < 4.78 is 10.8. The summed E-state index contributed by atoms with van der Waals surface area (Å²) in [4.78, 5) is 24.7. The van der Waals surface area contributed by atoms with Crippen LogP contribution in [0.1, 0.15) is 476 Å². The molecule has 0 saturated carbocycles. The molecule has 0 bridgehead atoms. The molecule has 1 atom stereocenters. The van der Waals surface area contributed by atoms with Gasteiger partial charge in [0.2, 0.25) is 0 Å². The highest BCUT2D eigenvalue weighted by Crippen LogP contribution is 2.21. The van der Waals surface area contributed by atoms with E-state index in [1.807, 2.05) is 0 Å². The molecule has 0 aliphatic rings. The lowest BCUT2D eigenvalue weighted by Gasteiger charge is -2.15. The Morgan fingerprint density at radius 3 is 0.667 bits per heavy atom. The number of aliphatic hydroxyl groups excluding tert-OH is 1. The Morgan fingerprint density at radius 1 is 0.256 bits per heavy atom. The minimum Gasteiger partial charge on any atom is -0.462 e. The molecule has 532 valence electrons. The first-order chi connectivity index (χ1) is 44.6. The van der Waals surface area contributed by atoms with E-state index in [0.29, 0.717) is 12.8 Å². The van der Waals surface area contributed by atoms with Crippen molar-refractivity contribution in [2.75, 3.05) is 13.2 Å². The van der Waals surface area contributed by atoms with Crippen LogP contribution >= 0.6 is 0 Å². The van der Waals surface area contributed by atoms with Gasteiger partial charge in [0.15, 0.2) is 6.10 Å². The van der Waals surface area contributed by atoms with Crippen LogP contribution in [0.4, 0.5) is 0 Å². The number of carbonyl (C=O) groups is 2. The van der Waals surface area contributed by atoms with Gasteiger partial charge in [-0.2, -0.15) is 0 Å². The molecule has 1 unspecified atom stereocenters. The van der Waals surface area contributed by atoms with Crippen molar-refractivity contribution < 1.29 is 24.2 Å². The van der Waals surface area contributed by atoms with E-state index < -0.39 is 6.10 Å². The first-order valence-corrected chi connectivity index (χ1v) is 41.5. The summed E-state index contributed by atoms with van der Waals surface area (Å²) in [5.41, 5.74) is 0. The van der Waals surface area contributed by atoms with Gasteiger partial charge in [0.25, 0.3) is 0 Å². The molecule has 0 rings (SSSR count). The number of ether oxygens (including phenoxy) is 2. The second-order valence-corrected chi connectivity index (χ2v) is 28.6. The zero-order chi connectivity index (χ0) is 64.7. The zero-order valence-electron chi connectivity index (χ0n) is 61.4. The fraction of sp³-hybridized carbons (Fsp3) is 0.906. The maximum absolute atomic E-state index is 12.4. The monoisotopic (exact) mass is 1260 g/mol. The first kappa shape index (κ1) is 88.1. The Bertz CT molecular complexity index is 1430. The average molecular weight is 1260 g/mol. The third kappa shape index (κ3) is 78.6. The van der Waals surface area contributed by atoms with Crippen molar-refractivity contribution in [3.8, 4) is 0 Å². The normalized spacial score (nSPS) is 12.3. The highest BCUT2D eigenvalue weighted by atomic mass is 16.6. The number of esters is 2. The highest BCUT2D eigenvalue weighted by Gasteiger charge is 2.16. The fourth-order valence-electron chi connectivity index (χ4n) is 13.2. The predicted octanol–water partition coefficient (Wildman–Crippen LogP) is 29.2. The molecular weight excluding hydrogens is 1100 g/mol. The van der Waals surface area contributed by atoms with E-state index in [1.165, 1.54) is 405 Å². The van der Waals surface area contributed by atoms with Gasteiger partial charge in [0, 0.05) is 12.8 Å². The van der Waals surface area contributed by atoms with Crippen molar-refractivity contribution in [3.05, 3.63) is 36.5 Å². The van der Waals surface area contributed by atoms with Crippen LogP contribution in [-0.4, -0.2) is 36.4 Å². The van der Waals surface area contributed by atoms with E-state index in [4.69, 9.17) is 9.47 Å². The van der Waals surface area contributed by atoms with Crippen LogP contribution in [0, 0.1) is 0 Å². The lowest BCUT2D eigenvalue weighted by molar-refractivity contribution is -0.161. The Hall–Kier alpha value is -1.88. The van der Waals surface area contributed by atoms with Crippen LogP contribution in [0.25, 0.3) is 0 Å². The Balaban J connectivity index is 3.35. The lowest BCUT2D eigenvalue weighted by Crippen LogP contribution is -2.28. The van der Waals surface area contributed by atoms with Gasteiger partial charge in [0.05, 0.1) is 6.61 Å². The molecule has 0 heterocycles. The summed E-state index contributed by atoms with van der Waals surface area (Å²) in [6.45, 7) is 4.21. The smallest absolute Gasteiger partial charge is 0.306 e. The lowest BCUT2D eigenvalue weighted by atomic mass is 10.0. The van der Waals surface area contributed by atoms with Gasteiger partial charge in [-0.25, -0.2) is 0 Å². The number of allylic oxidation sites excluding steroid dienone is 6. The molecule has 0 spiro atoms. The molecule has 0 aliphatic carbocycles. The molecular formula is C85H162O5. The summed E-state index contributed by atoms with van der Waals surface area (Å²) in [6.07, 6.45) is 110. The first-order valence-electron chi connectivity index (χ1n) is 41.5. The maximum atomic E-state index is 12.4. The molecule has 0 radical (unpaired) electrons. The topological polar surface area (TPSA) is 72.8 Å². The number of rotatable bonds is 79. The molecule has 5 nitrogen and oxygen atoms in total. The van der Waals surface area contributed by atoms with Crippen molar-refractivity contribution in [1.29, 1.82) is 0 Å². The molecule has 90 heavy (non-hydrogen) atoms. The van der Waals surface area contributed by atoms with E-state index in [1.54, 1.807) is 0 Å². The highest BCUT2D eigenvalue weighted by molar-refractivity contribution is 5.70. The number of carbonyl (C=O) groups excluding carboxylic acids is 2. The van der Waals surface area contributed by atoms with Crippen LogP contribution in [-0.2, 0) is 19.1 Å². The van der Waals surface area contributed by atoms with Crippen molar-refractivity contribution in [3.63, 3.8) is 0 Å². The maximum Gasteiger partial charge on any atom is 0.306 e. The molecule has 0 fully saturated rings. The Kier molecular flexibility index (Phi) is 79.7. The number of hydrogen-bond acceptors (Lipinski definition) is 5. The second-order valence-electron chi connectivity index (χ2n) is 28.6. The summed E-state index contributed by atoms with van der Waals surface area (Å²) in [5, 5.41) is 9.73. The van der Waals surface area contributed by atoms with Crippen molar-refractivity contribution in [1.82, 2.24) is 0 Å². The van der Waals surface area contributed by atoms with E-state index in [0.717, 1.165) is 44.9 Å². The third-order valence-electron chi connectivity index (χ3n) is 19.4. The summed E-state index contributed by atoms with van der Waals surface area (Å²) in [7, 11) is 0. The molecule has 0 amide bonds. The van der Waals surface area contributed by atoms with E-state index in [2.05, 4.69) is 50.3 Å². The van der Waals surface area contributed by atoms with Crippen molar-refractivity contribution in [2.24, 2.45) is 0 Å². The van der Waals surface area contributed by atoms with Gasteiger partial charge in [0.1, 0.15) is 6.61 Å². The van der Waals surface area contributed by atoms with Crippen LogP contribution < -0.4 is 0 Å². The SMILES string of the molecule is CCCCCCC/C=C\C/C=C\C/C=C\CCCCCCCCCCCCCCCCCCCCCCCCCCCCC(=O)OC(CO)COC(=O)CCCCCCCCCCCCCCCCCCCCCCCCCCCCCCCCCCCCC. The van der Waals surface area contributed by atoms with Crippen molar-refractivity contribution >= 4 is 11.9 Å². The Morgan fingerprint density at radius 2 is 0.444 bits per heavy atom. The number of unbranched alkanes of at least 4 members (excludes halogenated alkanes) is 65. The second kappa shape index (κ2) is 81.4. The Labute approximate surface area is 565 Å². The largest absolute Gasteiger partial charge is 0.462 e. The summed E-state index contributed by atoms with van der Waals surface area (Å²) in [6, 6.07) is 0. The van der Waals surface area contributed by atoms with Gasteiger partial charge in [-0.05, 0) is 51.4 Å². The van der Waals surface area contributed by atoms with E-state index in [9.17, 15) is 14.7 Å². The quantitative estimate of drug-likeness (QED) is 0.0373. The third-order valence-corrected chi connectivity index (χ3v) is 19.4. The van der Waals surface area contributed by atoms with Crippen LogP contribution in [0.5, 0.6) is 0 Å². The molecule has 0 aromatic heterocycles. The molecule has 0 saturated heterocycles. The number of aliphatic hydroxyl groups is 1. The van der Waals surface area contributed by atoms with E-state index in [-0.39, 0.29) is 25.2 Å². The minimum atomic E-state index is -0.769. The van der Waals surface area contributed by atoms with Crippen molar-refractivity contribution in [2.45, 2.75) is 482 Å². The van der Waals surface area contributed by atoms with Crippen LogP contribution in [0.2, 0.25) is 0 Å². The summed E-state index contributed by atoms with van der Waals surface area (Å²) in [5.74, 6) is -0.559.